The fraction of sp³-hybridized carbons (Fsp3) is 0.207. The summed E-state index contributed by atoms with van der Waals surface area (Å²) in [6, 6.07) is 21.3. The molecule has 0 aliphatic heterocycles. The van der Waals surface area contributed by atoms with E-state index in [1.807, 2.05) is 38.1 Å². The Morgan fingerprint density at radius 1 is 0.947 bits per heavy atom. The largest absolute Gasteiger partial charge is 0.493 e. The van der Waals surface area contributed by atoms with Gasteiger partial charge in [0.2, 0.25) is 5.89 Å². The Bertz CT molecular complexity index is 1380. The zero-order chi connectivity index (χ0) is 27.1. The van der Waals surface area contributed by atoms with Gasteiger partial charge in [0.15, 0.2) is 0 Å². The number of halogens is 1. The van der Waals surface area contributed by atoms with Crippen LogP contribution < -0.4 is 9.47 Å². The van der Waals surface area contributed by atoms with Crippen LogP contribution in [0.1, 0.15) is 22.6 Å². The molecule has 1 amide bonds. The minimum atomic E-state index is -1.13. The van der Waals surface area contributed by atoms with Crippen LogP contribution in [-0.2, 0) is 17.8 Å². The lowest BCUT2D eigenvalue weighted by Crippen LogP contribution is -2.37. The van der Waals surface area contributed by atoms with Gasteiger partial charge in [-0.1, -0.05) is 41.4 Å². The maximum atomic E-state index is 12.6. The van der Waals surface area contributed by atoms with E-state index in [2.05, 4.69) is 4.98 Å². The molecule has 0 fully saturated rings. The topological polar surface area (TPSA) is 102 Å². The van der Waals surface area contributed by atoms with Gasteiger partial charge in [0.05, 0.1) is 12.3 Å². The summed E-state index contributed by atoms with van der Waals surface area (Å²) >= 11 is 5.95. The van der Waals surface area contributed by atoms with Crippen LogP contribution in [0.15, 0.2) is 77.2 Å². The van der Waals surface area contributed by atoms with Crippen LogP contribution in [0.2, 0.25) is 5.02 Å². The van der Waals surface area contributed by atoms with Gasteiger partial charge in [0.25, 0.3) is 0 Å². The summed E-state index contributed by atoms with van der Waals surface area (Å²) in [6.07, 6.45) is -0.181. The van der Waals surface area contributed by atoms with E-state index in [4.69, 9.17) is 25.5 Å². The van der Waals surface area contributed by atoms with Gasteiger partial charge >= 0.3 is 12.1 Å². The van der Waals surface area contributed by atoms with Crippen LogP contribution in [0.4, 0.5) is 4.79 Å². The number of carboxylic acids is 1. The number of carbonyl (C=O) groups excluding carboxylic acids is 1. The summed E-state index contributed by atoms with van der Waals surface area (Å²) in [4.78, 5) is 29.6. The van der Waals surface area contributed by atoms with Crippen molar-refractivity contribution in [1.29, 1.82) is 0 Å². The quantitative estimate of drug-likeness (QED) is 0.254. The van der Waals surface area contributed by atoms with Crippen LogP contribution >= 0.6 is 11.6 Å². The number of rotatable bonds is 10. The van der Waals surface area contributed by atoms with Crippen molar-refractivity contribution < 1.29 is 28.6 Å². The van der Waals surface area contributed by atoms with Gasteiger partial charge in [-0.2, -0.15) is 0 Å². The zero-order valence-electron chi connectivity index (χ0n) is 21.0. The van der Waals surface area contributed by atoms with Crippen molar-refractivity contribution in [1.82, 2.24) is 9.88 Å². The van der Waals surface area contributed by atoms with E-state index in [0.29, 0.717) is 35.4 Å². The van der Waals surface area contributed by atoms with Gasteiger partial charge in [0.1, 0.15) is 23.8 Å². The number of ether oxygens (including phenoxy) is 2. The number of nitrogens with zero attached hydrogens (tertiary/aromatic N) is 2. The van der Waals surface area contributed by atoms with Crippen LogP contribution in [0.3, 0.4) is 0 Å². The Kier molecular flexibility index (Phi) is 8.66. The van der Waals surface area contributed by atoms with Crippen LogP contribution in [0.5, 0.6) is 11.5 Å². The Morgan fingerprint density at radius 3 is 2.26 bits per heavy atom. The summed E-state index contributed by atoms with van der Waals surface area (Å²) in [5.41, 5.74) is 3.41. The van der Waals surface area contributed by atoms with Crippen LogP contribution in [0.25, 0.3) is 11.5 Å². The zero-order valence-corrected chi connectivity index (χ0v) is 21.8. The highest BCUT2D eigenvalue weighted by atomic mass is 35.5. The molecule has 196 valence electrons. The van der Waals surface area contributed by atoms with Crippen molar-refractivity contribution in [2.45, 2.75) is 26.8 Å². The molecule has 4 rings (SSSR count). The van der Waals surface area contributed by atoms with Crippen LogP contribution in [0, 0.1) is 13.8 Å². The molecule has 38 heavy (non-hydrogen) atoms. The predicted molar refractivity (Wildman–Crippen MR) is 143 cm³/mol. The molecule has 1 N–H and O–H groups in total. The standard InChI is InChI=1S/C29H27ClN2O6/c1-19-3-11-25(12-4-19)38-29(35)32(18-27(33)34)17-21-5-13-24(14-6-21)36-16-15-26-20(2)37-28(31-26)22-7-9-23(30)10-8-22/h3-14H,15-18H2,1-2H3,(H,33,34). The van der Waals surface area contributed by atoms with E-state index < -0.39 is 18.6 Å². The third-order valence-corrected chi connectivity index (χ3v) is 5.95. The van der Waals surface area contributed by atoms with Crippen LogP contribution in [-0.4, -0.2) is 40.2 Å². The lowest BCUT2D eigenvalue weighted by atomic mass is 10.2. The van der Waals surface area contributed by atoms with Gasteiger partial charge in [-0.3, -0.25) is 9.69 Å². The highest BCUT2D eigenvalue weighted by molar-refractivity contribution is 6.30. The van der Waals surface area contributed by atoms with Crippen molar-refractivity contribution in [2.75, 3.05) is 13.2 Å². The molecule has 0 atom stereocenters. The summed E-state index contributed by atoms with van der Waals surface area (Å²) in [6.45, 7) is 3.76. The van der Waals surface area contributed by atoms with E-state index in [1.165, 1.54) is 0 Å². The first-order chi connectivity index (χ1) is 18.3. The maximum absolute atomic E-state index is 12.6. The first kappa shape index (κ1) is 26.8. The third kappa shape index (κ3) is 7.36. The monoisotopic (exact) mass is 534 g/mol. The summed E-state index contributed by atoms with van der Waals surface area (Å²) in [5.74, 6) is 1.12. The Hall–Kier alpha value is -4.30. The molecular weight excluding hydrogens is 508 g/mol. The summed E-state index contributed by atoms with van der Waals surface area (Å²) in [7, 11) is 0. The van der Waals surface area contributed by atoms with E-state index in [1.54, 1.807) is 48.5 Å². The van der Waals surface area contributed by atoms with E-state index >= 15 is 0 Å². The Labute approximate surface area is 225 Å². The highest BCUT2D eigenvalue weighted by Crippen LogP contribution is 2.24. The van der Waals surface area contributed by atoms with Gasteiger partial charge in [-0.05, 0) is 67.9 Å². The number of benzene rings is 3. The fourth-order valence-electron chi connectivity index (χ4n) is 3.67. The molecule has 8 nitrogen and oxygen atoms in total. The average Bonchev–Trinajstić information content (AvgIpc) is 3.26. The van der Waals surface area contributed by atoms with Crippen molar-refractivity contribution in [2.24, 2.45) is 0 Å². The molecule has 1 aromatic heterocycles. The molecule has 0 saturated heterocycles. The van der Waals surface area contributed by atoms with E-state index in [-0.39, 0.29) is 6.54 Å². The number of oxazole rings is 1. The van der Waals surface area contributed by atoms with E-state index in [0.717, 1.165) is 33.0 Å². The number of aliphatic carboxylic acids is 1. The average molecular weight is 535 g/mol. The fourth-order valence-corrected chi connectivity index (χ4v) is 3.80. The number of carbonyl (C=O) groups is 2. The number of hydrogen-bond acceptors (Lipinski definition) is 6. The minimum absolute atomic E-state index is 0.0723. The summed E-state index contributed by atoms with van der Waals surface area (Å²) in [5, 5.41) is 9.91. The molecule has 0 aliphatic rings. The molecular formula is C29H27ClN2O6. The first-order valence-electron chi connectivity index (χ1n) is 12.0. The second-order valence-electron chi connectivity index (χ2n) is 8.70. The third-order valence-electron chi connectivity index (χ3n) is 5.70. The second-order valence-corrected chi connectivity index (χ2v) is 9.14. The molecule has 0 saturated carbocycles. The van der Waals surface area contributed by atoms with Gasteiger partial charge in [0, 0.05) is 23.6 Å². The smallest absolute Gasteiger partial charge is 0.416 e. The highest BCUT2D eigenvalue weighted by Gasteiger charge is 2.20. The van der Waals surface area contributed by atoms with Gasteiger partial charge in [-0.25, -0.2) is 9.78 Å². The normalized spacial score (nSPS) is 10.7. The maximum Gasteiger partial charge on any atom is 0.416 e. The first-order valence-corrected chi connectivity index (χ1v) is 12.3. The molecule has 1 heterocycles. The number of aromatic nitrogens is 1. The number of amides is 1. The molecule has 9 heteroatoms. The number of carboxylic acid groups (broad SMARTS) is 1. The predicted octanol–water partition coefficient (Wildman–Crippen LogP) is 6.32. The molecule has 0 radical (unpaired) electrons. The molecule has 3 aromatic carbocycles. The van der Waals surface area contributed by atoms with Crippen molar-refractivity contribution in [3.63, 3.8) is 0 Å². The lowest BCUT2D eigenvalue weighted by molar-refractivity contribution is -0.138. The second kappa shape index (κ2) is 12.3. The molecule has 0 spiro atoms. The van der Waals surface area contributed by atoms with Crippen molar-refractivity contribution in [3.05, 3.63) is 100 Å². The lowest BCUT2D eigenvalue weighted by Gasteiger charge is -2.20. The summed E-state index contributed by atoms with van der Waals surface area (Å²) < 4.78 is 17.0. The molecule has 0 bridgehead atoms. The molecule has 0 unspecified atom stereocenters. The Morgan fingerprint density at radius 2 is 1.61 bits per heavy atom. The number of hydrogen-bond donors (Lipinski definition) is 1. The SMILES string of the molecule is Cc1ccc(OC(=O)N(CC(=O)O)Cc2ccc(OCCc3nc(-c4ccc(Cl)cc4)oc3C)cc2)cc1. The molecule has 0 aliphatic carbocycles. The van der Waals surface area contributed by atoms with Gasteiger partial charge in [-0.15, -0.1) is 0 Å². The van der Waals surface area contributed by atoms with Crippen molar-refractivity contribution >= 4 is 23.7 Å². The Balaban J connectivity index is 1.32. The number of aryl methyl sites for hydroxylation is 2. The van der Waals surface area contributed by atoms with E-state index in [9.17, 15) is 14.7 Å². The molecule has 4 aromatic rings. The minimum Gasteiger partial charge on any atom is -0.493 e. The van der Waals surface area contributed by atoms with Gasteiger partial charge < -0.3 is 19.0 Å². The van der Waals surface area contributed by atoms with Crippen molar-refractivity contribution in [3.8, 4) is 23.0 Å².